The van der Waals surface area contributed by atoms with E-state index in [9.17, 15) is 18.0 Å². The van der Waals surface area contributed by atoms with Gasteiger partial charge >= 0.3 is 0 Å². The Hall–Kier alpha value is -1.60. The molecule has 0 radical (unpaired) electrons. The van der Waals surface area contributed by atoms with E-state index in [1.165, 1.54) is 0 Å². The summed E-state index contributed by atoms with van der Waals surface area (Å²) in [6, 6.07) is 1.71. The molecule has 7 nitrogen and oxygen atoms in total. The third-order valence-corrected chi connectivity index (χ3v) is 4.50. The Bertz CT molecular complexity index is 728. The molecule has 2 rings (SSSR count). The second-order valence-corrected chi connectivity index (χ2v) is 6.96. The molecule has 1 aliphatic heterocycles. The van der Waals surface area contributed by atoms with Crippen molar-refractivity contribution < 1.29 is 22.7 Å². The minimum atomic E-state index is -1.63. The number of amides is 1. The molecule has 0 aromatic heterocycles. The number of rotatable bonds is 6. The fraction of sp³-hybridized carbons (Fsp3) is 0.556. The molecule has 0 bridgehead atoms. The molecule has 1 heterocycles. The number of aliphatic imine (C=N–C) groups is 1. The van der Waals surface area contributed by atoms with Crippen molar-refractivity contribution in [3.63, 3.8) is 0 Å². The van der Waals surface area contributed by atoms with Gasteiger partial charge in [0.1, 0.15) is 0 Å². The lowest BCUT2D eigenvalue weighted by Crippen LogP contribution is -2.56. The molecule has 1 fully saturated rings. The number of ether oxygens (including phenoxy) is 1. The van der Waals surface area contributed by atoms with Crippen LogP contribution in [0.4, 0.5) is 18.9 Å². The highest BCUT2D eigenvalue weighted by molar-refractivity contribution is 14.0. The number of carbonyl (C=O) groups excluding carboxylic acids is 1. The van der Waals surface area contributed by atoms with Gasteiger partial charge in [0.05, 0.1) is 25.4 Å². The van der Waals surface area contributed by atoms with Gasteiger partial charge in [0.25, 0.3) is 0 Å². The molecule has 0 atom stereocenters. The predicted octanol–water partition coefficient (Wildman–Crippen LogP) is 1.94. The van der Waals surface area contributed by atoms with Crippen LogP contribution in [-0.4, -0.2) is 68.7 Å². The van der Waals surface area contributed by atoms with E-state index >= 15 is 0 Å². The fourth-order valence-corrected chi connectivity index (χ4v) is 2.78. The first-order chi connectivity index (χ1) is 13.2. The summed E-state index contributed by atoms with van der Waals surface area (Å²) in [6.45, 7) is 7.59. The molecule has 0 unspecified atom stereocenters. The van der Waals surface area contributed by atoms with Crippen molar-refractivity contribution in [3.05, 3.63) is 29.6 Å². The van der Waals surface area contributed by atoms with Crippen LogP contribution < -0.4 is 16.0 Å². The number of carbonyl (C=O) groups is 1. The van der Waals surface area contributed by atoms with Gasteiger partial charge in [-0.05, 0) is 26.0 Å². The first-order valence-corrected chi connectivity index (χ1v) is 8.95. The number of hydrogen-bond acceptors (Lipinski definition) is 4. The van der Waals surface area contributed by atoms with Crippen molar-refractivity contribution in [2.75, 3.05) is 51.8 Å². The first kappa shape index (κ1) is 25.4. The summed E-state index contributed by atoms with van der Waals surface area (Å²) in [5.74, 6) is -4.62. The van der Waals surface area contributed by atoms with Crippen molar-refractivity contribution in [3.8, 4) is 0 Å². The lowest BCUT2D eigenvalue weighted by atomic mass is 10.0. The smallest absolute Gasteiger partial charge is 0.243 e. The summed E-state index contributed by atoms with van der Waals surface area (Å²) in [6.07, 6.45) is 0. The van der Waals surface area contributed by atoms with E-state index in [1.807, 2.05) is 0 Å². The highest BCUT2D eigenvalue weighted by atomic mass is 127. The summed E-state index contributed by atoms with van der Waals surface area (Å²) < 4.78 is 45.1. The minimum absolute atomic E-state index is 0. The summed E-state index contributed by atoms with van der Waals surface area (Å²) in [5, 5.41) is 8.14. The topological polar surface area (TPSA) is 78.0 Å². The molecule has 1 aliphatic rings. The number of morpholine rings is 1. The molecule has 0 saturated carbocycles. The van der Waals surface area contributed by atoms with Crippen LogP contribution in [0.5, 0.6) is 0 Å². The molecule has 0 aliphatic carbocycles. The molecular formula is C18H27F3IN5O2. The van der Waals surface area contributed by atoms with E-state index in [1.54, 1.807) is 7.05 Å². The van der Waals surface area contributed by atoms with Gasteiger partial charge in [-0.3, -0.25) is 14.7 Å². The van der Waals surface area contributed by atoms with Crippen LogP contribution >= 0.6 is 24.0 Å². The van der Waals surface area contributed by atoms with Crippen molar-refractivity contribution in [1.29, 1.82) is 0 Å². The fourth-order valence-electron chi connectivity index (χ4n) is 2.78. The van der Waals surface area contributed by atoms with Gasteiger partial charge in [-0.15, -0.1) is 24.0 Å². The standard InChI is InChI=1S/C18H26F3N5O2.HI/c1-18(2,26-6-8-28-9-7-26)11-24-17(22-3)23-10-14(27)25-13-5-4-12(19)15(20)16(13)21;/h4-5H,6-11H2,1-3H3,(H,25,27)(H2,22,23,24);1H. The Morgan fingerprint density at radius 2 is 1.83 bits per heavy atom. The summed E-state index contributed by atoms with van der Waals surface area (Å²) in [5.41, 5.74) is -0.583. The Morgan fingerprint density at radius 1 is 1.17 bits per heavy atom. The number of nitrogens with zero attached hydrogens (tertiary/aromatic N) is 2. The zero-order valence-corrected chi connectivity index (χ0v) is 19.0. The minimum Gasteiger partial charge on any atom is -0.379 e. The van der Waals surface area contributed by atoms with Crippen molar-refractivity contribution >= 4 is 41.5 Å². The molecule has 1 saturated heterocycles. The van der Waals surface area contributed by atoms with Crippen LogP contribution in [0.2, 0.25) is 0 Å². The van der Waals surface area contributed by atoms with E-state index in [-0.39, 0.29) is 36.1 Å². The largest absolute Gasteiger partial charge is 0.379 e. The van der Waals surface area contributed by atoms with Crippen LogP contribution in [-0.2, 0) is 9.53 Å². The zero-order valence-electron chi connectivity index (χ0n) is 16.7. The molecule has 3 N–H and O–H groups in total. The molecule has 29 heavy (non-hydrogen) atoms. The van der Waals surface area contributed by atoms with Crippen molar-refractivity contribution in [1.82, 2.24) is 15.5 Å². The van der Waals surface area contributed by atoms with Gasteiger partial charge in [0, 0.05) is 32.2 Å². The zero-order chi connectivity index (χ0) is 20.7. The van der Waals surface area contributed by atoms with Crippen LogP contribution in [0.3, 0.4) is 0 Å². The van der Waals surface area contributed by atoms with E-state index in [2.05, 4.69) is 39.7 Å². The maximum Gasteiger partial charge on any atom is 0.243 e. The van der Waals surface area contributed by atoms with Gasteiger partial charge in [-0.1, -0.05) is 0 Å². The van der Waals surface area contributed by atoms with Crippen LogP contribution in [0.15, 0.2) is 17.1 Å². The number of anilines is 1. The molecule has 11 heteroatoms. The molecule has 1 aromatic carbocycles. The number of nitrogens with one attached hydrogen (secondary N) is 3. The van der Waals surface area contributed by atoms with E-state index in [4.69, 9.17) is 4.74 Å². The monoisotopic (exact) mass is 529 g/mol. The third-order valence-electron chi connectivity index (χ3n) is 4.50. The molecule has 0 spiro atoms. The lowest BCUT2D eigenvalue weighted by molar-refractivity contribution is -0.115. The Kier molecular flexibility index (Phi) is 10.1. The predicted molar refractivity (Wildman–Crippen MR) is 116 cm³/mol. The summed E-state index contributed by atoms with van der Waals surface area (Å²) >= 11 is 0. The average molecular weight is 529 g/mol. The summed E-state index contributed by atoms with van der Waals surface area (Å²) in [7, 11) is 1.56. The third kappa shape index (κ3) is 7.30. The number of hydrogen-bond donors (Lipinski definition) is 3. The van der Waals surface area contributed by atoms with Crippen LogP contribution in [0, 0.1) is 17.5 Å². The van der Waals surface area contributed by atoms with Crippen molar-refractivity contribution in [2.45, 2.75) is 19.4 Å². The number of benzene rings is 1. The normalized spacial score (nSPS) is 15.4. The van der Waals surface area contributed by atoms with Gasteiger partial charge < -0.3 is 20.7 Å². The second kappa shape index (κ2) is 11.6. The van der Waals surface area contributed by atoms with Crippen LogP contribution in [0.25, 0.3) is 0 Å². The molecular weight excluding hydrogens is 502 g/mol. The first-order valence-electron chi connectivity index (χ1n) is 8.95. The highest BCUT2D eigenvalue weighted by Crippen LogP contribution is 2.19. The Balaban J connectivity index is 0.00000420. The van der Waals surface area contributed by atoms with E-state index in [0.717, 1.165) is 25.2 Å². The second-order valence-electron chi connectivity index (χ2n) is 6.96. The SMILES string of the molecule is CN=C(NCC(=O)Nc1ccc(F)c(F)c1F)NCC(C)(C)N1CCOCC1.I. The number of guanidine groups is 1. The van der Waals surface area contributed by atoms with Crippen molar-refractivity contribution in [2.24, 2.45) is 4.99 Å². The lowest BCUT2D eigenvalue weighted by Gasteiger charge is -2.41. The van der Waals surface area contributed by atoms with Crippen LogP contribution in [0.1, 0.15) is 13.8 Å². The van der Waals surface area contributed by atoms with E-state index in [0.29, 0.717) is 25.7 Å². The maximum atomic E-state index is 13.6. The molecule has 164 valence electrons. The Morgan fingerprint density at radius 3 is 2.45 bits per heavy atom. The van der Waals surface area contributed by atoms with E-state index < -0.39 is 29.0 Å². The van der Waals surface area contributed by atoms with Gasteiger partial charge in [-0.25, -0.2) is 13.2 Å². The molecule has 1 aromatic rings. The molecule has 1 amide bonds. The average Bonchev–Trinajstić information content (AvgIpc) is 2.69. The van der Waals surface area contributed by atoms with Gasteiger partial charge in [-0.2, -0.15) is 0 Å². The summed E-state index contributed by atoms with van der Waals surface area (Å²) in [4.78, 5) is 18.3. The Labute approximate surface area is 185 Å². The van der Waals surface area contributed by atoms with Gasteiger partial charge in [0.15, 0.2) is 23.4 Å². The quantitative estimate of drug-likeness (QED) is 0.227. The highest BCUT2D eigenvalue weighted by Gasteiger charge is 2.28. The van der Waals surface area contributed by atoms with Gasteiger partial charge in [0.2, 0.25) is 5.91 Å². The maximum absolute atomic E-state index is 13.6. The number of halogens is 4.